The highest BCUT2D eigenvalue weighted by Crippen LogP contribution is 2.17. The summed E-state index contributed by atoms with van der Waals surface area (Å²) in [5.41, 5.74) is 1.85. The Balaban J connectivity index is 1.82. The Labute approximate surface area is 109 Å². The molecule has 0 saturated carbocycles. The maximum atomic E-state index is 8.75. The number of rotatable bonds is 4. The Kier molecular flexibility index (Phi) is 4.60. The molecule has 0 aromatic heterocycles. The lowest BCUT2D eigenvalue weighted by atomic mass is 10.0. The topological polar surface area (TPSA) is 39.1 Å². The second-order valence-electron chi connectivity index (χ2n) is 4.95. The summed E-state index contributed by atoms with van der Waals surface area (Å²) >= 11 is 0. The zero-order chi connectivity index (χ0) is 12.8. The van der Waals surface area contributed by atoms with Gasteiger partial charge in [0.05, 0.1) is 11.6 Å². The quantitative estimate of drug-likeness (QED) is 0.883. The molecule has 0 aliphatic carbocycles. The zero-order valence-corrected chi connectivity index (χ0v) is 11.0. The van der Waals surface area contributed by atoms with Crippen LogP contribution in [0.2, 0.25) is 0 Å². The van der Waals surface area contributed by atoms with Crippen molar-refractivity contribution in [1.82, 2.24) is 4.90 Å². The first-order valence-corrected chi connectivity index (χ1v) is 6.81. The van der Waals surface area contributed by atoms with Crippen LogP contribution in [-0.4, -0.2) is 30.6 Å². The average molecular weight is 243 g/mol. The van der Waals surface area contributed by atoms with Crippen molar-refractivity contribution in [3.05, 3.63) is 29.8 Å². The van der Waals surface area contributed by atoms with Crippen LogP contribution in [-0.2, 0) is 0 Å². The number of anilines is 1. The number of hydrogen-bond acceptors (Lipinski definition) is 3. The largest absolute Gasteiger partial charge is 0.382 e. The van der Waals surface area contributed by atoms with Crippen molar-refractivity contribution in [3.63, 3.8) is 0 Å². The molecule has 0 amide bonds. The van der Waals surface area contributed by atoms with E-state index in [0.717, 1.165) is 11.3 Å². The molecule has 3 nitrogen and oxygen atoms in total. The second kappa shape index (κ2) is 6.42. The molecule has 1 aliphatic rings. The summed E-state index contributed by atoms with van der Waals surface area (Å²) < 4.78 is 0. The first-order valence-electron chi connectivity index (χ1n) is 6.81. The summed E-state index contributed by atoms with van der Waals surface area (Å²) in [4.78, 5) is 2.54. The molecule has 96 valence electrons. The summed E-state index contributed by atoms with van der Waals surface area (Å²) in [6, 6.07) is 10.5. The molecule has 0 radical (unpaired) electrons. The third-order valence-electron chi connectivity index (χ3n) is 3.51. The van der Waals surface area contributed by atoms with Crippen molar-refractivity contribution in [2.75, 3.05) is 25.0 Å². The smallest absolute Gasteiger partial charge is 0.0991 e. The van der Waals surface area contributed by atoms with Gasteiger partial charge in [0.15, 0.2) is 0 Å². The molecule has 0 spiro atoms. The Hall–Kier alpha value is -1.53. The van der Waals surface area contributed by atoms with Gasteiger partial charge in [-0.3, -0.25) is 0 Å². The number of benzene rings is 1. The maximum absolute atomic E-state index is 8.75. The average Bonchev–Trinajstić information content (AvgIpc) is 2.42. The molecule has 1 aliphatic heterocycles. The van der Waals surface area contributed by atoms with Crippen molar-refractivity contribution >= 4 is 5.69 Å². The third kappa shape index (κ3) is 3.48. The summed E-state index contributed by atoms with van der Waals surface area (Å²) in [5, 5.41) is 12.3. The first kappa shape index (κ1) is 12.9. The fraction of sp³-hybridized carbons (Fsp3) is 0.533. The van der Waals surface area contributed by atoms with Crippen LogP contribution in [0.1, 0.15) is 31.7 Å². The lowest BCUT2D eigenvalue weighted by Gasteiger charge is -2.32. The van der Waals surface area contributed by atoms with E-state index in [0.29, 0.717) is 6.04 Å². The fourth-order valence-corrected chi connectivity index (χ4v) is 2.49. The molecule has 0 atom stereocenters. The van der Waals surface area contributed by atoms with Crippen molar-refractivity contribution in [2.45, 2.75) is 32.2 Å². The molecule has 1 fully saturated rings. The number of nitrogens with one attached hydrogen (secondary N) is 1. The van der Waals surface area contributed by atoms with Crippen molar-refractivity contribution in [1.29, 1.82) is 5.26 Å². The van der Waals surface area contributed by atoms with E-state index in [-0.39, 0.29) is 0 Å². The van der Waals surface area contributed by atoms with E-state index < -0.39 is 0 Å². The highest BCUT2D eigenvalue weighted by molar-refractivity contribution is 5.47. The molecule has 1 N–H and O–H groups in total. The van der Waals surface area contributed by atoms with Crippen LogP contribution in [0.5, 0.6) is 0 Å². The van der Waals surface area contributed by atoms with Crippen molar-refractivity contribution in [2.24, 2.45) is 0 Å². The third-order valence-corrected chi connectivity index (χ3v) is 3.51. The molecule has 1 aromatic rings. The Morgan fingerprint density at radius 2 is 1.94 bits per heavy atom. The summed E-state index contributed by atoms with van der Waals surface area (Å²) in [7, 11) is 0. The highest BCUT2D eigenvalue weighted by Gasteiger charge is 2.17. The molecule has 1 saturated heterocycles. The lowest BCUT2D eigenvalue weighted by Crippen LogP contribution is -2.39. The van der Waals surface area contributed by atoms with Gasteiger partial charge in [-0.05, 0) is 50.1 Å². The fourth-order valence-electron chi connectivity index (χ4n) is 2.49. The molecule has 1 heterocycles. The maximum Gasteiger partial charge on any atom is 0.0991 e. The SMILES string of the molecule is CCCN1CCC(Nc2ccc(C#N)cc2)CC1. The molecular weight excluding hydrogens is 222 g/mol. The summed E-state index contributed by atoms with van der Waals surface area (Å²) in [6.45, 7) is 5.86. The van der Waals surface area contributed by atoms with Crippen LogP contribution in [0.25, 0.3) is 0 Å². The van der Waals surface area contributed by atoms with Crippen molar-refractivity contribution in [3.8, 4) is 6.07 Å². The number of piperidine rings is 1. The van der Waals surface area contributed by atoms with Gasteiger partial charge < -0.3 is 10.2 Å². The Morgan fingerprint density at radius 1 is 1.28 bits per heavy atom. The molecule has 18 heavy (non-hydrogen) atoms. The molecule has 0 unspecified atom stereocenters. The highest BCUT2D eigenvalue weighted by atomic mass is 15.1. The summed E-state index contributed by atoms with van der Waals surface area (Å²) in [5.74, 6) is 0. The number of nitriles is 1. The Bertz CT molecular complexity index is 397. The van der Waals surface area contributed by atoms with E-state index in [9.17, 15) is 0 Å². The van der Waals surface area contributed by atoms with Gasteiger partial charge in [-0.2, -0.15) is 5.26 Å². The number of hydrogen-bond donors (Lipinski definition) is 1. The van der Waals surface area contributed by atoms with Gasteiger partial charge in [-0.1, -0.05) is 6.92 Å². The number of likely N-dealkylation sites (tertiary alicyclic amines) is 1. The summed E-state index contributed by atoms with van der Waals surface area (Å²) in [6.07, 6.45) is 3.66. The first-order chi connectivity index (χ1) is 8.81. The van der Waals surface area contributed by atoms with Crippen LogP contribution in [0.15, 0.2) is 24.3 Å². The molecule has 3 heteroatoms. The number of nitrogens with zero attached hydrogens (tertiary/aromatic N) is 2. The molecular formula is C15H21N3. The van der Waals surface area contributed by atoms with E-state index >= 15 is 0 Å². The standard InChI is InChI=1S/C15H21N3/c1-2-9-18-10-7-15(8-11-18)17-14-5-3-13(12-16)4-6-14/h3-6,15,17H,2,7-11H2,1H3. The van der Waals surface area contributed by atoms with Gasteiger partial charge >= 0.3 is 0 Å². The molecule has 0 bridgehead atoms. The van der Waals surface area contributed by atoms with Crippen molar-refractivity contribution < 1.29 is 0 Å². The molecule has 1 aromatic carbocycles. The van der Waals surface area contributed by atoms with Gasteiger partial charge in [-0.25, -0.2) is 0 Å². The van der Waals surface area contributed by atoms with Gasteiger partial charge in [0, 0.05) is 24.8 Å². The van der Waals surface area contributed by atoms with E-state index in [1.165, 1.54) is 38.9 Å². The second-order valence-corrected chi connectivity index (χ2v) is 4.95. The normalized spacial score (nSPS) is 17.3. The minimum atomic E-state index is 0.575. The van der Waals surface area contributed by atoms with Gasteiger partial charge in [0.25, 0.3) is 0 Å². The zero-order valence-electron chi connectivity index (χ0n) is 11.0. The van der Waals surface area contributed by atoms with Gasteiger partial charge in [-0.15, -0.1) is 0 Å². The predicted octanol–water partition coefficient (Wildman–Crippen LogP) is 2.84. The predicted molar refractivity (Wildman–Crippen MR) is 74.5 cm³/mol. The van der Waals surface area contributed by atoms with Crippen LogP contribution < -0.4 is 5.32 Å². The van der Waals surface area contributed by atoms with E-state index in [1.54, 1.807) is 0 Å². The van der Waals surface area contributed by atoms with Crippen LogP contribution in [0.3, 0.4) is 0 Å². The van der Waals surface area contributed by atoms with Crippen LogP contribution in [0, 0.1) is 11.3 Å². The Morgan fingerprint density at radius 3 is 2.50 bits per heavy atom. The minimum absolute atomic E-state index is 0.575. The van der Waals surface area contributed by atoms with Gasteiger partial charge in [0.2, 0.25) is 0 Å². The van der Waals surface area contributed by atoms with Gasteiger partial charge in [0.1, 0.15) is 0 Å². The minimum Gasteiger partial charge on any atom is -0.382 e. The van der Waals surface area contributed by atoms with E-state index in [2.05, 4.69) is 23.2 Å². The van der Waals surface area contributed by atoms with E-state index in [4.69, 9.17) is 5.26 Å². The monoisotopic (exact) mass is 243 g/mol. The van der Waals surface area contributed by atoms with E-state index in [1.807, 2.05) is 24.3 Å². The molecule has 2 rings (SSSR count). The van der Waals surface area contributed by atoms with Crippen LogP contribution >= 0.6 is 0 Å². The lowest BCUT2D eigenvalue weighted by molar-refractivity contribution is 0.219. The van der Waals surface area contributed by atoms with Crippen LogP contribution in [0.4, 0.5) is 5.69 Å².